The zero-order valence-electron chi connectivity index (χ0n) is 10.8. The summed E-state index contributed by atoms with van der Waals surface area (Å²) < 4.78 is 23.1. The summed E-state index contributed by atoms with van der Waals surface area (Å²) in [5, 5.41) is 23.1. The molecule has 1 heterocycles. The van der Waals surface area contributed by atoms with Crippen LogP contribution in [0.2, 0.25) is 0 Å². The zero-order chi connectivity index (χ0) is 14.0. The summed E-state index contributed by atoms with van der Waals surface area (Å²) in [6.45, 7) is 0.860. The zero-order valence-corrected chi connectivity index (χ0v) is 11.7. The number of benzene rings is 1. The number of aliphatic hydroxyl groups excluding tert-OH is 1. The number of hydrogen-bond acceptors (Lipinski definition) is 5. The van der Waals surface area contributed by atoms with Crippen molar-refractivity contribution in [3.8, 4) is 5.75 Å². The van der Waals surface area contributed by atoms with E-state index in [0.29, 0.717) is 5.56 Å². The highest BCUT2D eigenvalue weighted by atomic mass is 32.2. The number of piperidine rings is 1. The average molecular weight is 285 g/mol. The van der Waals surface area contributed by atoms with Gasteiger partial charge >= 0.3 is 0 Å². The van der Waals surface area contributed by atoms with Crippen molar-refractivity contribution < 1.29 is 18.6 Å². The molecule has 1 fully saturated rings. The fourth-order valence-electron chi connectivity index (χ4n) is 2.39. The van der Waals surface area contributed by atoms with E-state index in [-0.39, 0.29) is 16.7 Å². The predicted molar refractivity (Wildman–Crippen MR) is 71.8 cm³/mol. The Labute approximate surface area is 113 Å². The Balaban J connectivity index is 2.30. The topological polar surface area (TPSA) is 86.6 Å². The Kier molecular flexibility index (Phi) is 4.13. The molecule has 1 saturated heterocycles. The molecule has 19 heavy (non-hydrogen) atoms. The number of nitrogens with one attached hydrogen (secondary N) is 1. The van der Waals surface area contributed by atoms with Crippen LogP contribution in [0.3, 0.4) is 0 Å². The molecular weight excluding hydrogens is 266 g/mol. The monoisotopic (exact) mass is 285 g/mol. The molecule has 2 unspecified atom stereocenters. The van der Waals surface area contributed by atoms with Gasteiger partial charge in [-0.05, 0) is 37.1 Å². The normalized spacial score (nSPS) is 22.1. The summed E-state index contributed by atoms with van der Waals surface area (Å²) in [7, 11) is -3.50. The van der Waals surface area contributed by atoms with Gasteiger partial charge in [-0.2, -0.15) is 0 Å². The maximum absolute atomic E-state index is 11.5. The van der Waals surface area contributed by atoms with Crippen molar-refractivity contribution in [3.63, 3.8) is 0 Å². The van der Waals surface area contributed by atoms with Gasteiger partial charge in [0.25, 0.3) is 0 Å². The molecule has 0 amide bonds. The number of sulfone groups is 1. The molecule has 0 aromatic heterocycles. The highest BCUT2D eigenvalue weighted by molar-refractivity contribution is 7.90. The van der Waals surface area contributed by atoms with Crippen molar-refractivity contribution in [3.05, 3.63) is 23.8 Å². The van der Waals surface area contributed by atoms with Crippen LogP contribution in [0.5, 0.6) is 5.75 Å². The SMILES string of the molecule is CS(=O)(=O)c1cc(C(O)C2CCCCN2)ccc1O. The Bertz CT molecular complexity index is 550. The van der Waals surface area contributed by atoms with Crippen LogP contribution >= 0.6 is 0 Å². The molecule has 0 radical (unpaired) electrons. The maximum atomic E-state index is 11.5. The first-order valence-electron chi connectivity index (χ1n) is 6.34. The maximum Gasteiger partial charge on any atom is 0.179 e. The molecule has 0 spiro atoms. The number of aromatic hydroxyl groups is 1. The molecule has 1 aliphatic heterocycles. The molecule has 1 aromatic rings. The van der Waals surface area contributed by atoms with Gasteiger partial charge in [0.05, 0.1) is 6.10 Å². The molecule has 1 aromatic carbocycles. The van der Waals surface area contributed by atoms with E-state index in [2.05, 4.69) is 5.32 Å². The second kappa shape index (κ2) is 5.48. The van der Waals surface area contributed by atoms with Gasteiger partial charge in [0, 0.05) is 12.3 Å². The van der Waals surface area contributed by atoms with Crippen molar-refractivity contribution in [1.82, 2.24) is 5.32 Å². The summed E-state index contributed by atoms with van der Waals surface area (Å²) in [6.07, 6.45) is 3.27. The first-order chi connectivity index (χ1) is 8.89. The Hall–Kier alpha value is -1.11. The molecule has 3 N–H and O–H groups in total. The fraction of sp³-hybridized carbons (Fsp3) is 0.538. The van der Waals surface area contributed by atoms with Gasteiger partial charge in [0.1, 0.15) is 10.6 Å². The van der Waals surface area contributed by atoms with Crippen molar-refractivity contribution >= 4 is 9.84 Å². The minimum absolute atomic E-state index is 0.0642. The van der Waals surface area contributed by atoms with E-state index in [9.17, 15) is 18.6 Å². The van der Waals surface area contributed by atoms with E-state index in [1.54, 1.807) is 6.07 Å². The van der Waals surface area contributed by atoms with E-state index in [4.69, 9.17) is 0 Å². The Morgan fingerprint density at radius 3 is 2.68 bits per heavy atom. The first-order valence-corrected chi connectivity index (χ1v) is 8.23. The van der Waals surface area contributed by atoms with Gasteiger partial charge in [-0.3, -0.25) is 0 Å². The molecular formula is C13H19NO4S. The third-order valence-corrected chi connectivity index (χ3v) is 4.58. The van der Waals surface area contributed by atoms with E-state index in [1.807, 2.05) is 0 Å². The standard InChI is InChI=1S/C13H19NO4S/c1-19(17,18)12-8-9(5-6-11(12)15)13(16)10-4-2-3-7-14-10/h5-6,8,10,13-16H,2-4,7H2,1H3. The van der Waals surface area contributed by atoms with Crippen molar-refractivity contribution in [1.29, 1.82) is 0 Å². The minimum atomic E-state index is -3.50. The lowest BCUT2D eigenvalue weighted by molar-refractivity contribution is 0.113. The van der Waals surface area contributed by atoms with Crippen LogP contribution in [0.1, 0.15) is 30.9 Å². The highest BCUT2D eigenvalue weighted by Gasteiger charge is 2.24. The summed E-state index contributed by atoms with van der Waals surface area (Å²) in [6, 6.07) is 4.17. The van der Waals surface area contributed by atoms with Gasteiger partial charge in [-0.1, -0.05) is 12.5 Å². The van der Waals surface area contributed by atoms with Gasteiger partial charge in [-0.15, -0.1) is 0 Å². The van der Waals surface area contributed by atoms with Crippen LogP contribution in [-0.2, 0) is 9.84 Å². The van der Waals surface area contributed by atoms with Gasteiger partial charge < -0.3 is 15.5 Å². The molecule has 1 aliphatic rings. The Morgan fingerprint density at radius 2 is 2.11 bits per heavy atom. The third kappa shape index (κ3) is 3.26. The predicted octanol–water partition coefficient (Wildman–Crippen LogP) is 0.971. The lowest BCUT2D eigenvalue weighted by Crippen LogP contribution is -2.38. The van der Waals surface area contributed by atoms with Crippen LogP contribution in [0.25, 0.3) is 0 Å². The van der Waals surface area contributed by atoms with Gasteiger partial charge in [0.15, 0.2) is 9.84 Å². The second-order valence-electron chi connectivity index (χ2n) is 5.00. The lowest BCUT2D eigenvalue weighted by atomic mass is 9.95. The largest absolute Gasteiger partial charge is 0.507 e. The second-order valence-corrected chi connectivity index (χ2v) is 6.98. The van der Waals surface area contributed by atoms with Crippen LogP contribution in [-0.4, -0.2) is 37.5 Å². The molecule has 6 heteroatoms. The molecule has 0 bridgehead atoms. The van der Waals surface area contributed by atoms with Gasteiger partial charge in [-0.25, -0.2) is 8.42 Å². The summed E-state index contributed by atoms with van der Waals surface area (Å²) in [5.74, 6) is -0.282. The molecule has 106 valence electrons. The molecule has 0 aliphatic carbocycles. The van der Waals surface area contributed by atoms with E-state index >= 15 is 0 Å². The first kappa shape index (κ1) is 14.3. The van der Waals surface area contributed by atoms with E-state index in [1.165, 1.54) is 12.1 Å². The summed E-state index contributed by atoms with van der Waals surface area (Å²) in [5.41, 5.74) is 0.512. The molecule has 2 rings (SSSR count). The number of phenols is 1. The van der Waals surface area contributed by atoms with E-state index in [0.717, 1.165) is 32.1 Å². The number of hydrogen-bond donors (Lipinski definition) is 3. The number of phenolic OH excluding ortho intramolecular Hbond substituents is 1. The van der Waals surface area contributed by atoms with Crippen LogP contribution in [0.4, 0.5) is 0 Å². The number of aliphatic hydroxyl groups is 1. The number of rotatable bonds is 3. The van der Waals surface area contributed by atoms with Crippen LogP contribution in [0, 0.1) is 0 Å². The molecule has 2 atom stereocenters. The van der Waals surface area contributed by atoms with E-state index < -0.39 is 15.9 Å². The minimum Gasteiger partial charge on any atom is -0.507 e. The van der Waals surface area contributed by atoms with Gasteiger partial charge in [0.2, 0.25) is 0 Å². The summed E-state index contributed by atoms with van der Waals surface area (Å²) in [4.78, 5) is -0.139. The lowest BCUT2D eigenvalue weighted by Gasteiger charge is -2.28. The van der Waals surface area contributed by atoms with Crippen LogP contribution in [0.15, 0.2) is 23.1 Å². The van der Waals surface area contributed by atoms with Crippen molar-refractivity contribution in [2.24, 2.45) is 0 Å². The molecule has 5 nitrogen and oxygen atoms in total. The van der Waals surface area contributed by atoms with Crippen molar-refractivity contribution in [2.75, 3.05) is 12.8 Å². The smallest absolute Gasteiger partial charge is 0.179 e. The van der Waals surface area contributed by atoms with Crippen molar-refractivity contribution in [2.45, 2.75) is 36.3 Å². The highest BCUT2D eigenvalue weighted by Crippen LogP contribution is 2.29. The van der Waals surface area contributed by atoms with Crippen LogP contribution < -0.4 is 5.32 Å². The third-order valence-electron chi connectivity index (χ3n) is 3.45. The summed E-state index contributed by atoms with van der Waals surface area (Å²) >= 11 is 0. The quantitative estimate of drug-likeness (QED) is 0.770. The molecule has 0 saturated carbocycles. The Morgan fingerprint density at radius 1 is 1.37 bits per heavy atom. The average Bonchev–Trinajstić information content (AvgIpc) is 2.38. The fourth-order valence-corrected chi connectivity index (χ4v) is 3.19.